The number of methoxy groups -OCH3 is 1. The van der Waals surface area contributed by atoms with Crippen molar-refractivity contribution >= 4 is 0 Å². The number of benzene rings is 1. The Labute approximate surface area is 123 Å². The molecule has 1 aromatic carbocycles. The van der Waals surface area contributed by atoms with E-state index in [9.17, 15) is 0 Å². The Balaban J connectivity index is 2.32. The number of hydrogen-bond acceptors (Lipinski definition) is 3. The molecule has 1 aliphatic rings. The van der Waals surface area contributed by atoms with Gasteiger partial charge in [0.2, 0.25) is 0 Å². The van der Waals surface area contributed by atoms with E-state index in [2.05, 4.69) is 36.1 Å². The molecule has 0 saturated carbocycles. The third-order valence-corrected chi connectivity index (χ3v) is 4.35. The van der Waals surface area contributed by atoms with Gasteiger partial charge in [0, 0.05) is 13.2 Å². The Morgan fingerprint density at radius 2 is 2.15 bits per heavy atom. The average molecular weight is 276 g/mol. The van der Waals surface area contributed by atoms with Crippen molar-refractivity contribution < 1.29 is 4.74 Å². The quantitative estimate of drug-likeness (QED) is 0.868. The van der Waals surface area contributed by atoms with E-state index in [1.165, 1.54) is 36.9 Å². The predicted molar refractivity (Wildman–Crippen MR) is 83.5 cm³/mol. The Morgan fingerprint density at radius 3 is 2.85 bits per heavy atom. The van der Waals surface area contributed by atoms with E-state index in [0.717, 1.165) is 13.1 Å². The number of piperidine rings is 1. The highest BCUT2D eigenvalue weighted by atomic mass is 16.5. The molecule has 20 heavy (non-hydrogen) atoms. The van der Waals surface area contributed by atoms with Crippen molar-refractivity contribution in [2.75, 3.05) is 26.7 Å². The number of rotatable bonds is 6. The first kappa shape index (κ1) is 15.5. The Bertz CT molecular complexity index is 406. The van der Waals surface area contributed by atoms with Crippen LogP contribution in [0.5, 0.6) is 0 Å². The first-order valence-corrected chi connectivity index (χ1v) is 7.82. The van der Waals surface area contributed by atoms with Gasteiger partial charge in [-0.1, -0.05) is 31.2 Å². The minimum atomic E-state index is 0.458. The lowest BCUT2D eigenvalue weighted by molar-refractivity contribution is 0.0931. The maximum absolute atomic E-state index is 6.06. The van der Waals surface area contributed by atoms with Crippen LogP contribution in [0, 0.1) is 5.92 Å². The maximum atomic E-state index is 6.06. The Hall–Kier alpha value is -0.900. The standard InChI is InChI=1S/C17H28N2O/c1-3-10-19-11-6-8-14(12-18)17(19)16-9-5-4-7-15(16)13-20-2/h4-5,7,9,14,17H,3,6,8,10-13,18H2,1-2H3. The molecule has 2 unspecified atom stereocenters. The summed E-state index contributed by atoms with van der Waals surface area (Å²) in [6.07, 6.45) is 3.70. The molecule has 1 aliphatic heterocycles. The first-order valence-electron chi connectivity index (χ1n) is 7.82. The highest BCUT2D eigenvalue weighted by Gasteiger charge is 2.32. The molecule has 0 amide bonds. The number of nitrogens with zero attached hydrogens (tertiary/aromatic N) is 1. The molecule has 1 heterocycles. The lowest BCUT2D eigenvalue weighted by atomic mass is 9.83. The summed E-state index contributed by atoms with van der Waals surface area (Å²) >= 11 is 0. The van der Waals surface area contributed by atoms with E-state index < -0.39 is 0 Å². The van der Waals surface area contributed by atoms with Gasteiger partial charge in [0.15, 0.2) is 0 Å². The predicted octanol–water partition coefficient (Wildman–Crippen LogP) is 2.95. The monoisotopic (exact) mass is 276 g/mol. The van der Waals surface area contributed by atoms with Crippen molar-refractivity contribution in [2.45, 2.75) is 38.8 Å². The van der Waals surface area contributed by atoms with Crippen LogP contribution in [0.1, 0.15) is 43.4 Å². The second-order valence-corrected chi connectivity index (χ2v) is 5.75. The van der Waals surface area contributed by atoms with Crippen molar-refractivity contribution in [3.05, 3.63) is 35.4 Å². The summed E-state index contributed by atoms with van der Waals surface area (Å²) < 4.78 is 5.37. The fraction of sp³-hybridized carbons (Fsp3) is 0.647. The third-order valence-electron chi connectivity index (χ3n) is 4.35. The highest BCUT2D eigenvalue weighted by Crippen LogP contribution is 2.37. The Kier molecular flexibility index (Phi) is 6.02. The second kappa shape index (κ2) is 7.77. The summed E-state index contributed by atoms with van der Waals surface area (Å²) in [5, 5.41) is 0. The lowest BCUT2D eigenvalue weighted by Crippen LogP contribution is -2.42. The molecular formula is C17H28N2O. The molecular weight excluding hydrogens is 248 g/mol. The number of likely N-dealkylation sites (tertiary alicyclic amines) is 1. The summed E-state index contributed by atoms with van der Waals surface area (Å²) in [7, 11) is 1.77. The van der Waals surface area contributed by atoms with E-state index in [1.807, 2.05) is 0 Å². The van der Waals surface area contributed by atoms with Gasteiger partial charge in [-0.3, -0.25) is 4.90 Å². The van der Waals surface area contributed by atoms with Gasteiger partial charge in [-0.05, 0) is 55.9 Å². The van der Waals surface area contributed by atoms with Crippen LogP contribution in [0.25, 0.3) is 0 Å². The zero-order valence-corrected chi connectivity index (χ0v) is 12.8. The van der Waals surface area contributed by atoms with Gasteiger partial charge in [-0.25, -0.2) is 0 Å². The van der Waals surface area contributed by atoms with Crippen molar-refractivity contribution in [2.24, 2.45) is 11.7 Å². The molecule has 0 bridgehead atoms. The van der Waals surface area contributed by atoms with Gasteiger partial charge in [0.05, 0.1) is 6.61 Å². The van der Waals surface area contributed by atoms with Gasteiger partial charge in [-0.15, -0.1) is 0 Å². The topological polar surface area (TPSA) is 38.5 Å². The molecule has 112 valence electrons. The zero-order valence-electron chi connectivity index (χ0n) is 12.8. The average Bonchev–Trinajstić information content (AvgIpc) is 2.48. The van der Waals surface area contributed by atoms with Crippen LogP contribution in [0.3, 0.4) is 0 Å². The van der Waals surface area contributed by atoms with Gasteiger partial charge >= 0.3 is 0 Å². The van der Waals surface area contributed by atoms with Crippen molar-refractivity contribution in [3.8, 4) is 0 Å². The SMILES string of the molecule is CCCN1CCCC(CN)C1c1ccccc1COC. The van der Waals surface area contributed by atoms with Crippen LogP contribution < -0.4 is 5.73 Å². The summed E-state index contributed by atoms with van der Waals surface area (Å²) in [4.78, 5) is 2.62. The molecule has 1 fully saturated rings. The summed E-state index contributed by atoms with van der Waals surface area (Å²) in [6, 6.07) is 9.14. The molecule has 0 radical (unpaired) electrons. The Morgan fingerprint density at radius 1 is 1.35 bits per heavy atom. The first-order chi connectivity index (χ1) is 9.81. The summed E-state index contributed by atoms with van der Waals surface area (Å²) in [5.41, 5.74) is 8.78. The molecule has 2 rings (SSSR count). The van der Waals surface area contributed by atoms with E-state index in [0.29, 0.717) is 18.6 Å². The minimum absolute atomic E-state index is 0.458. The van der Waals surface area contributed by atoms with E-state index in [-0.39, 0.29) is 0 Å². The molecule has 2 N–H and O–H groups in total. The zero-order chi connectivity index (χ0) is 14.4. The molecule has 3 nitrogen and oxygen atoms in total. The minimum Gasteiger partial charge on any atom is -0.380 e. The van der Waals surface area contributed by atoms with Crippen molar-refractivity contribution in [1.82, 2.24) is 4.90 Å². The van der Waals surface area contributed by atoms with Crippen LogP contribution in [0.2, 0.25) is 0 Å². The number of ether oxygens (including phenoxy) is 1. The smallest absolute Gasteiger partial charge is 0.0716 e. The fourth-order valence-corrected chi connectivity index (χ4v) is 3.50. The van der Waals surface area contributed by atoms with E-state index in [4.69, 9.17) is 10.5 Å². The highest BCUT2D eigenvalue weighted by molar-refractivity contribution is 5.30. The normalized spacial score (nSPS) is 23.9. The largest absolute Gasteiger partial charge is 0.380 e. The third kappa shape index (κ3) is 3.40. The molecule has 3 heteroatoms. The molecule has 1 saturated heterocycles. The fourth-order valence-electron chi connectivity index (χ4n) is 3.50. The van der Waals surface area contributed by atoms with Crippen molar-refractivity contribution in [1.29, 1.82) is 0 Å². The van der Waals surface area contributed by atoms with Crippen LogP contribution in [-0.4, -0.2) is 31.6 Å². The summed E-state index contributed by atoms with van der Waals surface area (Å²) in [5.74, 6) is 0.563. The van der Waals surface area contributed by atoms with Gasteiger partial charge < -0.3 is 10.5 Å². The van der Waals surface area contributed by atoms with E-state index >= 15 is 0 Å². The van der Waals surface area contributed by atoms with E-state index in [1.54, 1.807) is 7.11 Å². The van der Waals surface area contributed by atoms with Crippen LogP contribution in [-0.2, 0) is 11.3 Å². The number of hydrogen-bond donors (Lipinski definition) is 1. The molecule has 2 atom stereocenters. The van der Waals surface area contributed by atoms with Crippen LogP contribution in [0.4, 0.5) is 0 Å². The van der Waals surface area contributed by atoms with Crippen LogP contribution >= 0.6 is 0 Å². The number of nitrogens with two attached hydrogens (primary N) is 1. The summed E-state index contributed by atoms with van der Waals surface area (Å²) in [6.45, 7) is 6.05. The lowest BCUT2D eigenvalue weighted by Gasteiger charge is -2.42. The molecule has 0 spiro atoms. The second-order valence-electron chi connectivity index (χ2n) is 5.75. The maximum Gasteiger partial charge on any atom is 0.0716 e. The van der Waals surface area contributed by atoms with Gasteiger partial charge in [0.1, 0.15) is 0 Å². The van der Waals surface area contributed by atoms with Gasteiger partial charge in [0.25, 0.3) is 0 Å². The van der Waals surface area contributed by atoms with Crippen LogP contribution in [0.15, 0.2) is 24.3 Å². The molecule has 0 aromatic heterocycles. The van der Waals surface area contributed by atoms with Gasteiger partial charge in [-0.2, -0.15) is 0 Å². The molecule has 1 aromatic rings. The van der Waals surface area contributed by atoms with Crippen molar-refractivity contribution in [3.63, 3.8) is 0 Å². The molecule has 0 aliphatic carbocycles.